The molecule has 27 heavy (non-hydrogen) atoms. The van der Waals surface area contributed by atoms with Crippen LogP contribution < -0.4 is 5.32 Å². The number of benzene rings is 1. The normalized spacial score (nSPS) is 21.3. The van der Waals surface area contributed by atoms with E-state index in [9.17, 15) is 14.4 Å². The number of nitrogens with one attached hydrogen (secondary N) is 1. The van der Waals surface area contributed by atoms with Gasteiger partial charge in [0, 0.05) is 31.7 Å². The Labute approximate surface area is 159 Å². The van der Waals surface area contributed by atoms with Crippen molar-refractivity contribution in [3.63, 3.8) is 0 Å². The second-order valence-corrected chi connectivity index (χ2v) is 6.81. The van der Waals surface area contributed by atoms with E-state index in [1.54, 1.807) is 24.3 Å². The van der Waals surface area contributed by atoms with Crippen LogP contribution in [0.1, 0.15) is 61.2 Å². The van der Waals surface area contributed by atoms with Gasteiger partial charge in [0.1, 0.15) is 6.04 Å². The number of cyclic esters (lactones) is 1. The van der Waals surface area contributed by atoms with Gasteiger partial charge in [-0.25, -0.2) is 4.79 Å². The van der Waals surface area contributed by atoms with Gasteiger partial charge in [-0.05, 0) is 25.3 Å². The fourth-order valence-corrected chi connectivity index (χ4v) is 3.44. The topological polar surface area (TPSA) is 84.9 Å². The number of rotatable bonds is 9. The highest BCUT2D eigenvalue weighted by molar-refractivity contribution is 5.96. The van der Waals surface area contributed by atoms with Crippen LogP contribution in [0.15, 0.2) is 24.3 Å². The SMILES string of the molecule is CCCCOCCCNC(=O)[C@@H]1CCC(=O)N1[C@@H]1OC(=O)c2ccccc21. The van der Waals surface area contributed by atoms with E-state index in [1.807, 2.05) is 0 Å². The van der Waals surface area contributed by atoms with Crippen LogP contribution >= 0.6 is 0 Å². The molecule has 146 valence electrons. The van der Waals surface area contributed by atoms with Crippen LogP contribution in [0.4, 0.5) is 0 Å². The quantitative estimate of drug-likeness (QED) is 0.529. The predicted molar refractivity (Wildman–Crippen MR) is 97.8 cm³/mol. The third-order valence-electron chi connectivity index (χ3n) is 4.88. The summed E-state index contributed by atoms with van der Waals surface area (Å²) >= 11 is 0. The molecule has 2 aliphatic rings. The number of fused-ring (bicyclic) bond motifs is 1. The third-order valence-corrected chi connectivity index (χ3v) is 4.88. The zero-order valence-corrected chi connectivity index (χ0v) is 15.6. The second-order valence-electron chi connectivity index (χ2n) is 6.81. The fraction of sp³-hybridized carbons (Fsp3) is 0.550. The smallest absolute Gasteiger partial charge is 0.340 e. The Morgan fingerprint density at radius 2 is 2.04 bits per heavy atom. The first-order chi connectivity index (χ1) is 13.1. The lowest BCUT2D eigenvalue weighted by Gasteiger charge is -2.29. The molecule has 0 bridgehead atoms. The number of carbonyl (C=O) groups excluding carboxylic acids is 3. The molecule has 1 aromatic rings. The minimum Gasteiger partial charge on any atom is -0.433 e. The lowest BCUT2D eigenvalue weighted by Crippen LogP contribution is -2.46. The van der Waals surface area contributed by atoms with Crippen LogP contribution in [0.3, 0.4) is 0 Å². The summed E-state index contributed by atoms with van der Waals surface area (Å²) in [6.07, 6.45) is 2.72. The molecule has 3 rings (SSSR count). The van der Waals surface area contributed by atoms with Crippen molar-refractivity contribution in [3.8, 4) is 0 Å². The van der Waals surface area contributed by atoms with Crippen LogP contribution in [-0.2, 0) is 19.1 Å². The van der Waals surface area contributed by atoms with E-state index in [0.717, 1.165) is 25.9 Å². The zero-order chi connectivity index (χ0) is 19.2. The molecule has 0 spiro atoms. The molecule has 2 heterocycles. The van der Waals surface area contributed by atoms with E-state index in [-0.39, 0.29) is 18.2 Å². The Hall–Kier alpha value is -2.41. The minimum atomic E-state index is -0.822. The Morgan fingerprint density at radius 1 is 1.26 bits per heavy atom. The van der Waals surface area contributed by atoms with Gasteiger partial charge >= 0.3 is 5.97 Å². The van der Waals surface area contributed by atoms with Crippen molar-refractivity contribution in [2.45, 2.75) is 51.3 Å². The monoisotopic (exact) mass is 374 g/mol. The average Bonchev–Trinajstić information content (AvgIpc) is 3.21. The van der Waals surface area contributed by atoms with Crippen LogP contribution in [0, 0.1) is 0 Å². The second kappa shape index (κ2) is 8.99. The van der Waals surface area contributed by atoms with Gasteiger partial charge in [-0.1, -0.05) is 31.5 Å². The molecule has 1 aromatic carbocycles. The van der Waals surface area contributed by atoms with E-state index in [4.69, 9.17) is 9.47 Å². The van der Waals surface area contributed by atoms with Gasteiger partial charge in [-0.15, -0.1) is 0 Å². The predicted octanol–water partition coefficient (Wildman–Crippen LogP) is 2.17. The van der Waals surface area contributed by atoms with Gasteiger partial charge in [0.25, 0.3) is 0 Å². The summed E-state index contributed by atoms with van der Waals surface area (Å²) in [5, 5.41) is 2.87. The lowest BCUT2D eigenvalue weighted by atomic mass is 10.1. The van der Waals surface area contributed by atoms with Gasteiger partial charge in [-0.3, -0.25) is 14.5 Å². The van der Waals surface area contributed by atoms with Crippen molar-refractivity contribution in [3.05, 3.63) is 35.4 Å². The fourth-order valence-electron chi connectivity index (χ4n) is 3.44. The van der Waals surface area contributed by atoms with E-state index in [1.165, 1.54) is 4.90 Å². The van der Waals surface area contributed by atoms with Crippen molar-refractivity contribution >= 4 is 17.8 Å². The summed E-state index contributed by atoms with van der Waals surface area (Å²) in [5.74, 6) is -0.846. The molecule has 0 aromatic heterocycles. The molecular formula is C20H26N2O5. The first-order valence-corrected chi connectivity index (χ1v) is 9.60. The summed E-state index contributed by atoms with van der Waals surface area (Å²) < 4.78 is 10.9. The zero-order valence-electron chi connectivity index (χ0n) is 15.6. The van der Waals surface area contributed by atoms with Crippen LogP contribution in [0.25, 0.3) is 0 Å². The number of unbranched alkanes of at least 4 members (excludes halogenated alkanes) is 1. The summed E-state index contributed by atoms with van der Waals surface area (Å²) in [7, 11) is 0. The first kappa shape index (κ1) is 19.4. The summed E-state index contributed by atoms with van der Waals surface area (Å²) in [5.41, 5.74) is 1.09. The van der Waals surface area contributed by atoms with E-state index in [0.29, 0.717) is 30.7 Å². The van der Waals surface area contributed by atoms with Gasteiger partial charge in [0.15, 0.2) is 0 Å². The number of hydrogen-bond acceptors (Lipinski definition) is 5. The third kappa shape index (κ3) is 4.30. The largest absolute Gasteiger partial charge is 0.433 e. The maximum Gasteiger partial charge on any atom is 0.340 e. The summed E-state index contributed by atoms with van der Waals surface area (Å²) in [6, 6.07) is 6.36. The number of amides is 2. The van der Waals surface area contributed by atoms with Crippen molar-refractivity contribution in [2.75, 3.05) is 19.8 Å². The molecule has 2 amide bonds. The maximum atomic E-state index is 12.6. The summed E-state index contributed by atoms with van der Waals surface area (Å²) in [6.45, 7) is 3.94. The molecule has 1 saturated heterocycles. The molecule has 0 radical (unpaired) electrons. The molecule has 0 saturated carbocycles. The summed E-state index contributed by atoms with van der Waals surface area (Å²) in [4.78, 5) is 38.5. The maximum absolute atomic E-state index is 12.6. The van der Waals surface area contributed by atoms with Crippen LogP contribution in [0.2, 0.25) is 0 Å². The molecule has 2 atom stereocenters. The number of nitrogens with zero attached hydrogens (tertiary/aromatic N) is 1. The van der Waals surface area contributed by atoms with Crippen molar-refractivity contribution in [2.24, 2.45) is 0 Å². The Morgan fingerprint density at radius 3 is 2.85 bits per heavy atom. The number of ether oxygens (including phenoxy) is 2. The Kier molecular flexibility index (Phi) is 6.45. The van der Waals surface area contributed by atoms with Crippen molar-refractivity contribution < 1.29 is 23.9 Å². The Balaban J connectivity index is 1.57. The first-order valence-electron chi connectivity index (χ1n) is 9.60. The molecular weight excluding hydrogens is 348 g/mol. The van der Waals surface area contributed by atoms with Crippen molar-refractivity contribution in [1.29, 1.82) is 0 Å². The van der Waals surface area contributed by atoms with Gasteiger partial charge in [0.05, 0.1) is 5.56 Å². The molecule has 1 N–H and O–H groups in total. The van der Waals surface area contributed by atoms with Gasteiger partial charge in [0.2, 0.25) is 18.0 Å². The van der Waals surface area contributed by atoms with Gasteiger partial charge in [-0.2, -0.15) is 0 Å². The highest BCUT2D eigenvalue weighted by Crippen LogP contribution is 2.38. The minimum absolute atomic E-state index is 0.174. The van der Waals surface area contributed by atoms with E-state index < -0.39 is 18.2 Å². The van der Waals surface area contributed by atoms with E-state index in [2.05, 4.69) is 12.2 Å². The lowest BCUT2D eigenvalue weighted by molar-refractivity contribution is -0.145. The number of hydrogen-bond donors (Lipinski definition) is 1. The van der Waals surface area contributed by atoms with Crippen LogP contribution in [-0.4, -0.2) is 48.5 Å². The van der Waals surface area contributed by atoms with E-state index >= 15 is 0 Å². The highest BCUT2D eigenvalue weighted by Gasteiger charge is 2.46. The number of carbonyl (C=O) groups is 3. The molecule has 0 aliphatic carbocycles. The Bertz CT molecular complexity index is 705. The molecule has 0 unspecified atom stereocenters. The molecule has 2 aliphatic heterocycles. The number of esters is 1. The van der Waals surface area contributed by atoms with Crippen molar-refractivity contribution in [1.82, 2.24) is 10.2 Å². The number of likely N-dealkylation sites (tertiary alicyclic amines) is 1. The standard InChI is InChI=1S/C20H26N2O5/c1-2-3-12-26-13-6-11-21-18(24)16-9-10-17(23)22(16)19-14-7-4-5-8-15(14)20(25)27-19/h4-5,7-8,16,19H,2-3,6,9-13H2,1H3,(H,21,24)/t16-,19+/m0/s1. The van der Waals surface area contributed by atoms with Gasteiger partial charge < -0.3 is 14.8 Å². The average molecular weight is 374 g/mol. The molecule has 7 heteroatoms. The highest BCUT2D eigenvalue weighted by atomic mass is 16.6. The molecule has 1 fully saturated rings. The molecule has 7 nitrogen and oxygen atoms in total. The van der Waals surface area contributed by atoms with Crippen LogP contribution in [0.5, 0.6) is 0 Å².